The second-order valence-corrected chi connectivity index (χ2v) is 8.92. The molecule has 0 amide bonds. The zero-order valence-corrected chi connectivity index (χ0v) is 16.7. The zero-order valence-electron chi connectivity index (χ0n) is 16.7. The second-order valence-electron chi connectivity index (χ2n) is 8.92. The van der Waals surface area contributed by atoms with E-state index in [-0.39, 0.29) is 10.8 Å². The summed E-state index contributed by atoms with van der Waals surface area (Å²) in [6.07, 6.45) is 1.02. The van der Waals surface area contributed by atoms with Crippen molar-refractivity contribution in [1.82, 2.24) is 4.90 Å². The molecule has 1 aromatic rings. The predicted octanol–water partition coefficient (Wildman–Crippen LogP) is 4.16. The Bertz CT molecular complexity index is 546. The normalized spacial score (nSPS) is 17.1. The van der Waals surface area contributed by atoms with Gasteiger partial charge in [0.1, 0.15) is 5.75 Å². The van der Waals surface area contributed by atoms with Crippen molar-refractivity contribution in [3.05, 3.63) is 28.8 Å². The lowest BCUT2D eigenvalue weighted by atomic mass is 9.78. The van der Waals surface area contributed by atoms with Crippen LogP contribution in [0.4, 0.5) is 0 Å². The molecule has 0 radical (unpaired) electrons. The third kappa shape index (κ3) is 4.73. The minimum atomic E-state index is 0.0698. The SMILES string of the molecule is COc1c(CCN2CCOCC2)cc(C(C)(C)C)cc1C(C)(C)C. The molecule has 2 rings (SSSR count). The maximum absolute atomic E-state index is 5.87. The van der Waals surface area contributed by atoms with Gasteiger partial charge in [-0.3, -0.25) is 4.90 Å². The first-order valence-electron chi connectivity index (χ1n) is 9.15. The van der Waals surface area contributed by atoms with Crippen molar-refractivity contribution in [3.63, 3.8) is 0 Å². The van der Waals surface area contributed by atoms with Gasteiger partial charge in [0.05, 0.1) is 20.3 Å². The Balaban J connectivity index is 2.36. The summed E-state index contributed by atoms with van der Waals surface area (Å²) in [5.74, 6) is 1.07. The lowest BCUT2D eigenvalue weighted by Crippen LogP contribution is -2.37. The van der Waals surface area contributed by atoms with Crippen LogP contribution in [0.25, 0.3) is 0 Å². The van der Waals surface area contributed by atoms with E-state index < -0.39 is 0 Å². The monoisotopic (exact) mass is 333 g/mol. The molecule has 0 saturated carbocycles. The van der Waals surface area contributed by atoms with E-state index >= 15 is 0 Å². The number of hydrogen-bond donors (Lipinski definition) is 0. The van der Waals surface area contributed by atoms with Gasteiger partial charge in [-0.25, -0.2) is 0 Å². The molecule has 0 unspecified atom stereocenters. The van der Waals surface area contributed by atoms with Crippen LogP contribution in [-0.2, 0) is 22.0 Å². The average molecular weight is 334 g/mol. The summed E-state index contributed by atoms with van der Waals surface area (Å²) in [4.78, 5) is 2.49. The highest BCUT2D eigenvalue weighted by Gasteiger charge is 2.25. The highest BCUT2D eigenvalue weighted by atomic mass is 16.5. The maximum Gasteiger partial charge on any atom is 0.125 e. The Kier molecular flexibility index (Phi) is 5.98. The molecule has 0 atom stereocenters. The molecule has 24 heavy (non-hydrogen) atoms. The summed E-state index contributed by atoms with van der Waals surface area (Å²) in [6.45, 7) is 18.5. The van der Waals surface area contributed by atoms with E-state index in [1.54, 1.807) is 7.11 Å². The van der Waals surface area contributed by atoms with Crippen molar-refractivity contribution in [1.29, 1.82) is 0 Å². The second kappa shape index (κ2) is 7.45. The largest absolute Gasteiger partial charge is 0.496 e. The molecule has 1 aromatic carbocycles. The molecular weight excluding hydrogens is 298 g/mol. The van der Waals surface area contributed by atoms with E-state index in [1.165, 1.54) is 16.7 Å². The van der Waals surface area contributed by atoms with Crippen LogP contribution >= 0.6 is 0 Å². The Morgan fingerprint density at radius 2 is 1.62 bits per heavy atom. The Labute approximate surface area is 148 Å². The van der Waals surface area contributed by atoms with Crippen LogP contribution < -0.4 is 4.74 Å². The van der Waals surface area contributed by atoms with Gasteiger partial charge >= 0.3 is 0 Å². The third-order valence-corrected chi connectivity index (χ3v) is 4.85. The summed E-state index contributed by atoms with van der Waals surface area (Å²) in [5.41, 5.74) is 4.25. The number of morpholine rings is 1. The number of ether oxygens (including phenoxy) is 2. The molecule has 3 nitrogen and oxygen atoms in total. The molecule has 0 spiro atoms. The lowest BCUT2D eigenvalue weighted by Gasteiger charge is -2.30. The van der Waals surface area contributed by atoms with Crippen molar-refractivity contribution in [2.45, 2.75) is 58.8 Å². The smallest absolute Gasteiger partial charge is 0.125 e. The first-order valence-corrected chi connectivity index (χ1v) is 9.15. The van der Waals surface area contributed by atoms with E-state index in [1.807, 2.05) is 0 Å². The Morgan fingerprint density at radius 1 is 1.00 bits per heavy atom. The van der Waals surface area contributed by atoms with E-state index in [0.29, 0.717) is 0 Å². The van der Waals surface area contributed by atoms with Crippen LogP contribution in [0.1, 0.15) is 58.2 Å². The molecule has 3 heteroatoms. The van der Waals surface area contributed by atoms with Gasteiger partial charge in [0.15, 0.2) is 0 Å². The lowest BCUT2D eigenvalue weighted by molar-refractivity contribution is 0.0384. The van der Waals surface area contributed by atoms with Crippen molar-refractivity contribution in [2.24, 2.45) is 0 Å². The molecule has 0 aromatic heterocycles. The molecule has 136 valence electrons. The van der Waals surface area contributed by atoms with Crippen molar-refractivity contribution < 1.29 is 9.47 Å². The van der Waals surface area contributed by atoms with Crippen LogP contribution in [0.2, 0.25) is 0 Å². The molecular formula is C21H35NO2. The first-order chi connectivity index (χ1) is 11.1. The molecule has 0 bridgehead atoms. The van der Waals surface area contributed by atoms with E-state index in [9.17, 15) is 0 Å². The minimum Gasteiger partial charge on any atom is -0.496 e. The third-order valence-electron chi connectivity index (χ3n) is 4.85. The highest BCUT2D eigenvalue weighted by Crippen LogP contribution is 2.38. The van der Waals surface area contributed by atoms with Crippen LogP contribution in [0.15, 0.2) is 12.1 Å². The van der Waals surface area contributed by atoms with Crippen LogP contribution in [0.5, 0.6) is 5.75 Å². The molecule has 1 fully saturated rings. The van der Waals surface area contributed by atoms with Crippen LogP contribution in [-0.4, -0.2) is 44.9 Å². The Hall–Kier alpha value is -1.06. The van der Waals surface area contributed by atoms with Gasteiger partial charge in [0.25, 0.3) is 0 Å². The number of rotatable bonds is 4. The fourth-order valence-electron chi connectivity index (χ4n) is 3.21. The fraction of sp³-hybridized carbons (Fsp3) is 0.714. The Morgan fingerprint density at radius 3 is 2.12 bits per heavy atom. The number of benzene rings is 1. The number of methoxy groups -OCH3 is 1. The standard InChI is InChI=1S/C21H35NO2/c1-20(2,3)17-14-16(8-9-22-10-12-24-13-11-22)19(23-7)18(15-17)21(4,5)6/h14-15H,8-13H2,1-7H3. The maximum atomic E-state index is 5.87. The van der Waals surface area contributed by atoms with Gasteiger partial charge in [0, 0.05) is 25.2 Å². The molecule has 1 aliphatic heterocycles. The minimum absolute atomic E-state index is 0.0698. The van der Waals surface area contributed by atoms with Gasteiger partial charge in [-0.15, -0.1) is 0 Å². The van der Waals surface area contributed by atoms with Crippen LogP contribution in [0, 0.1) is 0 Å². The van der Waals surface area contributed by atoms with Crippen molar-refractivity contribution >= 4 is 0 Å². The summed E-state index contributed by atoms with van der Waals surface area (Å²) < 4.78 is 11.3. The fourth-order valence-corrected chi connectivity index (χ4v) is 3.21. The van der Waals surface area contributed by atoms with Crippen molar-refractivity contribution in [3.8, 4) is 5.75 Å². The van der Waals surface area contributed by atoms with Gasteiger partial charge < -0.3 is 9.47 Å². The molecule has 1 aliphatic rings. The van der Waals surface area contributed by atoms with Crippen LogP contribution in [0.3, 0.4) is 0 Å². The summed E-state index contributed by atoms with van der Waals surface area (Å²) in [7, 11) is 1.81. The average Bonchev–Trinajstić information content (AvgIpc) is 2.51. The van der Waals surface area contributed by atoms with Gasteiger partial charge in [-0.1, -0.05) is 53.7 Å². The molecule has 1 heterocycles. The van der Waals surface area contributed by atoms with E-state index in [4.69, 9.17) is 9.47 Å². The van der Waals surface area contributed by atoms with Gasteiger partial charge in [-0.2, -0.15) is 0 Å². The van der Waals surface area contributed by atoms with Gasteiger partial charge in [-0.05, 0) is 28.4 Å². The predicted molar refractivity (Wildman–Crippen MR) is 101 cm³/mol. The molecule has 0 aliphatic carbocycles. The van der Waals surface area contributed by atoms with Gasteiger partial charge in [0.2, 0.25) is 0 Å². The topological polar surface area (TPSA) is 21.7 Å². The molecule has 0 N–H and O–H groups in total. The number of hydrogen-bond acceptors (Lipinski definition) is 3. The summed E-state index contributed by atoms with van der Waals surface area (Å²) in [5, 5.41) is 0. The molecule has 1 saturated heterocycles. The van der Waals surface area contributed by atoms with Crippen molar-refractivity contribution in [2.75, 3.05) is 40.0 Å². The highest BCUT2D eigenvalue weighted by molar-refractivity contribution is 5.49. The summed E-state index contributed by atoms with van der Waals surface area (Å²) >= 11 is 0. The zero-order chi connectivity index (χ0) is 18.0. The first kappa shape index (κ1) is 19.3. The quantitative estimate of drug-likeness (QED) is 0.825. The van der Waals surface area contributed by atoms with E-state index in [2.05, 4.69) is 58.6 Å². The summed E-state index contributed by atoms with van der Waals surface area (Å²) in [6, 6.07) is 4.70. The van der Waals surface area contributed by atoms with E-state index in [0.717, 1.165) is 45.0 Å². The number of nitrogens with zero attached hydrogens (tertiary/aromatic N) is 1.